The summed E-state index contributed by atoms with van der Waals surface area (Å²) in [5.74, 6) is -1.37. The molecule has 0 saturated carbocycles. The van der Waals surface area contributed by atoms with Crippen LogP contribution in [0.5, 0.6) is 5.75 Å². The number of benzene rings is 2. The number of rotatable bonds is 5. The minimum atomic E-state index is -3.91. The van der Waals surface area contributed by atoms with Gasteiger partial charge >= 0.3 is 5.97 Å². The number of nitrogens with zero attached hydrogens (tertiary/aromatic N) is 1. The smallest absolute Gasteiger partial charge is 0.307 e. The topological polar surface area (TPSA) is 49.8 Å². The molecule has 3 rings (SSSR count). The summed E-state index contributed by atoms with van der Waals surface area (Å²) in [4.78, 5) is 10.7. The predicted octanol–water partition coefficient (Wildman–Crippen LogP) is 3.59. The van der Waals surface area contributed by atoms with Crippen molar-refractivity contribution in [3.63, 3.8) is 0 Å². The third-order valence-corrected chi connectivity index (χ3v) is 3.41. The van der Waals surface area contributed by atoms with Crippen LogP contribution >= 0.6 is 0 Å². The molecule has 1 aliphatic heterocycles. The highest BCUT2D eigenvalue weighted by atomic mass is 16.5. The number of ether oxygens (including phenoxy) is 1. The zero-order valence-electron chi connectivity index (χ0n) is 27.9. The van der Waals surface area contributed by atoms with Gasteiger partial charge in [0.2, 0.25) is 0 Å². The van der Waals surface area contributed by atoms with Gasteiger partial charge in [0.25, 0.3) is 0 Å². The number of carboxylic acids is 1. The maximum absolute atomic E-state index is 11.4. The van der Waals surface area contributed by atoms with Gasteiger partial charge in [-0.2, -0.15) is 0 Å². The molecule has 2 aromatic carbocycles. The van der Waals surface area contributed by atoms with E-state index in [1.54, 1.807) is 0 Å². The molecule has 1 heterocycles. The van der Waals surface area contributed by atoms with Crippen LogP contribution in [0.2, 0.25) is 0 Å². The number of fused-ring (bicyclic) bond motifs is 2. The highest BCUT2D eigenvalue weighted by Gasteiger charge is 2.19. The molecule has 0 aromatic heterocycles. The number of carboxylic acid groups (broad SMARTS) is 1. The van der Waals surface area contributed by atoms with Crippen molar-refractivity contribution < 1.29 is 35.2 Å². The lowest BCUT2D eigenvalue weighted by molar-refractivity contribution is -0.136. The van der Waals surface area contributed by atoms with Crippen molar-refractivity contribution in [2.24, 2.45) is 0 Å². The molecule has 0 aliphatic carbocycles. The molecule has 0 atom stereocenters. The summed E-state index contributed by atoms with van der Waals surface area (Å²) in [7, 11) is 0. The molecule has 1 N–H and O–H groups in total. The van der Waals surface area contributed by atoms with E-state index in [1.165, 1.54) is 18.2 Å². The second kappa shape index (κ2) is 7.53. The zero-order valence-corrected chi connectivity index (χ0v) is 12.9. The molecule has 0 radical (unpaired) electrons. The molecule has 4 nitrogen and oxygen atoms in total. The van der Waals surface area contributed by atoms with Gasteiger partial charge in [-0.15, -0.1) is 0 Å². The van der Waals surface area contributed by atoms with E-state index >= 15 is 0 Å². The van der Waals surface area contributed by atoms with Crippen molar-refractivity contribution in [1.82, 2.24) is 4.90 Å². The summed E-state index contributed by atoms with van der Waals surface area (Å²) in [6, 6.07) is -0.393. The fourth-order valence-electron chi connectivity index (χ4n) is 2.40. The van der Waals surface area contributed by atoms with Crippen LogP contribution < -0.4 is 4.74 Å². The van der Waals surface area contributed by atoms with Crippen LogP contribution in [0.1, 0.15) is 49.2 Å². The summed E-state index contributed by atoms with van der Waals surface area (Å²) >= 11 is 0. The second-order valence-electron chi connectivity index (χ2n) is 5.12. The number of carbonyl (C=O) groups is 1. The minimum absolute atomic E-state index is 0.109. The lowest BCUT2D eigenvalue weighted by Gasteiger charge is -2.13. The van der Waals surface area contributed by atoms with Gasteiger partial charge in [0, 0.05) is 25.8 Å². The third-order valence-electron chi connectivity index (χ3n) is 3.41. The Morgan fingerprint density at radius 2 is 2.28 bits per heavy atom. The monoisotopic (exact) mass is 352 g/mol. The molecule has 0 saturated heterocycles. The van der Waals surface area contributed by atoms with Crippen LogP contribution in [0.15, 0.2) is 48.4 Å². The van der Waals surface area contributed by atoms with Crippen LogP contribution in [-0.2, 0) is 17.8 Å². The molecule has 0 fully saturated rings. The molecular weight excluding hydrogens is 314 g/mol. The lowest BCUT2D eigenvalue weighted by atomic mass is 9.92. The molecule has 0 bridgehead atoms. The Balaban J connectivity index is 2.52. The lowest BCUT2D eigenvalue weighted by Crippen LogP contribution is -2.12. The first-order valence-electron chi connectivity index (χ1n) is 14.6. The van der Waals surface area contributed by atoms with Crippen molar-refractivity contribution in [2.45, 2.75) is 19.4 Å². The Morgan fingerprint density at radius 1 is 1.44 bits per heavy atom. The number of aliphatic carboxylic acids is 1. The van der Waals surface area contributed by atoms with E-state index in [1.807, 2.05) is 0 Å². The van der Waals surface area contributed by atoms with E-state index in [0.717, 1.165) is 0 Å². The molecule has 0 unspecified atom stereocenters. The molecule has 25 heavy (non-hydrogen) atoms. The van der Waals surface area contributed by atoms with Crippen molar-refractivity contribution in [2.75, 3.05) is 20.4 Å². The maximum Gasteiger partial charge on any atom is 0.307 e. The van der Waals surface area contributed by atoms with Crippen molar-refractivity contribution in [3.8, 4) is 5.75 Å². The average Bonchev–Trinajstić information content (AvgIpc) is 2.95. The summed E-state index contributed by atoms with van der Waals surface area (Å²) in [5.41, 5.74) is -1.47. The van der Waals surface area contributed by atoms with Crippen LogP contribution in [0.25, 0.3) is 5.57 Å². The van der Waals surface area contributed by atoms with Crippen molar-refractivity contribution >= 4 is 11.5 Å². The Morgan fingerprint density at radius 3 is 3.08 bits per heavy atom. The highest BCUT2D eigenvalue weighted by Crippen LogP contribution is 2.37. The summed E-state index contributed by atoms with van der Waals surface area (Å²) in [5, 5.41) is 9.25. The molecular formula is C21H23NO3. The Bertz CT molecular complexity index is 1380. The SMILES string of the molecule is [2H]/C(=C1/c2cc(CC(=O)O)ccc2OCc2c([2H])c([2H])c([2H])c([2H])c21)C([2H])([2H])C([2H])([2H])N(C([2H])([2H])[2H])C([2H])([2H])[2H]. The van der Waals surface area contributed by atoms with Crippen LogP contribution in [-0.4, -0.2) is 36.4 Å². The van der Waals surface area contributed by atoms with E-state index < -0.39 is 92.1 Å². The predicted molar refractivity (Wildman–Crippen MR) is 98.8 cm³/mol. The first kappa shape index (κ1) is 6.61. The highest BCUT2D eigenvalue weighted by molar-refractivity contribution is 5.85. The Labute approximate surface area is 169 Å². The molecule has 0 spiro atoms. The van der Waals surface area contributed by atoms with Gasteiger partial charge < -0.3 is 14.7 Å². The van der Waals surface area contributed by atoms with E-state index in [0.29, 0.717) is 0 Å². The van der Waals surface area contributed by atoms with E-state index in [-0.39, 0.29) is 22.4 Å². The molecule has 4 heteroatoms. The van der Waals surface area contributed by atoms with Gasteiger partial charge in [-0.05, 0) is 54.7 Å². The summed E-state index contributed by atoms with van der Waals surface area (Å²) in [6.07, 6.45) is -4.30. The minimum Gasteiger partial charge on any atom is -0.488 e. The zero-order chi connectivity index (χ0) is 30.7. The number of hydrogen-bond acceptors (Lipinski definition) is 3. The van der Waals surface area contributed by atoms with Crippen molar-refractivity contribution in [1.29, 1.82) is 0 Å². The summed E-state index contributed by atoms with van der Waals surface area (Å²) in [6.45, 7) is -11.8. The van der Waals surface area contributed by atoms with Gasteiger partial charge in [-0.3, -0.25) is 4.79 Å². The van der Waals surface area contributed by atoms with Crippen LogP contribution in [0.3, 0.4) is 0 Å². The molecule has 1 aliphatic rings. The quantitative estimate of drug-likeness (QED) is 0.893. The molecule has 0 amide bonds. The molecule has 2 aromatic rings. The van der Waals surface area contributed by atoms with E-state index in [2.05, 4.69) is 0 Å². The van der Waals surface area contributed by atoms with Gasteiger partial charge in [0.05, 0.1) is 13.3 Å². The van der Waals surface area contributed by atoms with Gasteiger partial charge in [-0.25, -0.2) is 0 Å². The first-order valence-corrected chi connectivity index (χ1v) is 7.14. The number of hydrogen-bond donors (Lipinski definition) is 1. The van der Waals surface area contributed by atoms with Crippen molar-refractivity contribution in [3.05, 3.63) is 70.7 Å². The van der Waals surface area contributed by atoms with Crippen LogP contribution in [0, 0.1) is 0 Å². The third kappa shape index (κ3) is 4.09. The maximum atomic E-state index is 11.4. The van der Waals surface area contributed by atoms with E-state index in [4.69, 9.17) is 25.3 Å². The second-order valence-corrected chi connectivity index (χ2v) is 5.12. The average molecular weight is 353 g/mol. The van der Waals surface area contributed by atoms with Gasteiger partial charge in [0.1, 0.15) is 12.4 Å². The fraction of sp³-hybridized carbons (Fsp3) is 0.286. The summed E-state index contributed by atoms with van der Waals surface area (Å²) < 4.78 is 127. The van der Waals surface area contributed by atoms with E-state index in [9.17, 15) is 9.90 Å². The first-order chi connectivity index (χ1) is 18.0. The Hall–Kier alpha value is -2.59. The van der Waals surface area contributed by atoms with Gasteiger partial charge in [-0.1, -0.05) is 36.3 Å². The normalized spacial score (nSPS) is 25.9. The Kier molecular flexibility index (Phi) is 1.99. The van der Waals surface area contributed by atoms with Crippen LogP contribution in [0.4, 0.5) is 0 Å². The molecule has 130 valence electrons. The largest absolute Gasteiger partial charge is 0.488 e. The standard InChI is InChI=1S/C21H23NO3/c1-22(2)11-5-8-18-17-7-4-3-6-16(17)14-25-20-10-9-15(12-19(18)20)13-21(23)24/h3-4,6-10,12H,5,11,13-14H2,1-2H3,(H,23,24)/b18-8-/i1D3,2D3,3D,4D,5D2,6D,7D,8D,11D2. The van der Waals surface area contributed by atoms with Gasteiger partial charge in [0.15, 0.2) is 0 Å². The fourth-order valence-corrected chi connectivity index (χ4v) is 2.40.